The predicted molar refractivity (Wildman–Crippen MR) is 101 cm³/mol. The molecular formula is C20H20ClN3O2. The number of pyridine rings is 1. The van der Waals surface area contributed by atoms with Gasteiger partial charge in [-0.25, -0.2) is 9.97 Å². The number of halogens is 1. The van der Waals surface area contributed by atoms with Crippen molar-refractivity contribution >= 4 is 28.6 Å². The zero-order valence-electron chi connectivity index (χ0n) is 14.4. The molecule has 5 nitrogen and oxygen atoms in total. The van der Waals surface area contributed by atoms with Gasteiger partial charge in [-0.15, -0.1) is 0 Å². The quantitative estimate of drug-likeness (QED) is 0.521. The second-order valence-corrected chi connectivity index (χ2v) is 7.12. The van der Waals surface area contributed by atoms with E-state index in [4.69, 9.17) is 16.0 Å². The van der Waals surface area contributed by atoms with Gasteiger partial charge in [0.2, 0.25) is 5.89 Å². The zero-order valence-corrected chi connectivity index (χ0v) is 15.1. The van der Waals surface area contributed by atoms with Gasteiger partial charge in [0, 0.05) is 23.4 Å². The van der Waals surface area contributed by atoms with Crippen LogP contribution in [0.15, 0.2) is 40.9 Å². The maximum atomic E-state index is 12.6. The van der Waals surface area contributed by atoms with E-state index in [1.54, 1.807) is 36.5 Å². The molecule has 0 bridgehead atoms. The zero-order chi connectivity index (χ0) is 17.9. The van der Waals surface area contributed by atoms with Gasteiger partial charge in [0.1, 0.15) is 10.7 Å². The smallest absolute Gasteiger partial charge is 0.251 e. The second-order valence-electron chi connectivity index (χ2n) is 6.73. The first-order valence-corrected chi connectivity index (χ1v) is 9.40. The van der Waals surface area contributed by atoms with Crippen LogP contribution in [0.2, 0.25) is 5.15 Å². The number of hydrogen-bond acceptors (Lipinski definition) is 4. The van der Waals surface area contributed by atoms with E-state index in [1.807, 2.05) is 0 Å². The highest BCUT2D eigenvalue weighted by molar-refractivity contribution is 6.29. The third-order valence-electron chi connectivity index (χ3n) is 4.81. The number of fused-ring (bicyclic) bond motifs is 1. The molecule has 3 aromatic rings. The summed E-state index contributed by atoms with van der Waals surface area (Å²) < 4.78 is 5.78. The largest absolute Gasteiger partial charge is 0.436 e. The summed E-state index contributed by atoms with van der Waals surface area (Å²) in [4.78, 5) is 21.1. The molecule has 1 saturated carbocycles. The van der Waals surface area contributed by atoms with Gasteiger partial charge in [0.05, 0.1) is 0 Å². The minimum atomic E-state index is -0.0460. The fourth-order valence-corrected chi connectivity index (χ4v) is 3.59. The monoisotopic (exact) mass is 369 g/mol. The van der Waals surface area contributed by atoms with Gasteiger partial charge in [-0.1, -0.05) is 37.3 Å². The van der Waals surface area contributed by atoms with E-state index in [-0.39, 0.29) is 11.9 Å². The summed E-state index contributed by atoms with van der Waals surface area (Å²) in [5.74, 6) is 0.418. The molecule has 6 heteroatoms. The van der Waals surface area contributed by atoms with E-state index < -0.39 is 0 Å². The molecule has 0 radical (unpaired) electrons. The molecule has 1 amide bonds. The molecule has 0 unspecified atom stereocenters. The van der Waals surface area contributed by atoms with E-state index in [0.717, 1.165) is 18.4 Å². The molecule has 1 aromatic carbocycles. The predicted octanol–water partition coefficient (Wildman–Crippen LogP) is 5.00. The fraction of sp³-hybridized carbons (Fsp3) is 0.350. The number of oxazole rings is 1. The van der Waals surface area contributed by atoms with Crippen molar-refractivity contribution in [1.29, 1.82) is 0 Å². The Labute approximate surface area is 156 Å². The van der Waals surface area contributed by atoms with Crippen molar-refractivity contribution < 1.29 is 9.21 Å². The number of hydrogen-bond donors (Lipinski definition) is 1. The number of benzene rings is 1. The van der Waals surface area contributed by atoms with Gasteiger partial charge >= 0.3 is 0 Å². The van der Waals surface area contributed by atoms with Crippen molar-refractivity contribution in [3.8, 4) is 11.5 Å². The highest BCUT2D eigenvalue weighted by Crippen LogP contribution is 2.26. The molecule has 0 saturated heterocycles. The summed E-state index contributed by atoms with van der Waals surface area (Å²) in [7, 11) is 0. The first kappa shape index (κ1) is 17.0. The second kappa shape index (κ2) is 7.46. The number of nitrogens with one attached hydrogen (secondary N) is 1. The van der Waals surface area contributed by atoms with Crippen molar-refractivity contribution in [3.05, 3.63) is 47.2 Å². The van der Waals surface area contributed by atoms with Gasteiger partial charge in [-0.05, 0) is 43.2 Å². The van der Waals surface area contributed by atoms with Crippen LogP contribution in [0.1, 0.15) is 48.9 Å². The number of aromatic nitrogens is 2. The standard InChI is InChI=1S/C20H20ClN3O2/c21-18-12-14(9-10-22-18)20-24-16-11-13(7-8-17(16)26-20)19(25)23-15-5-3-1-2-4-6-15/h7-12,15H,1-6H2,(H,23,25). The van der Waals surface area contributed by atoms with Crippen molar-refractivity contribution in [2.75, 3.05) is 0 Å². The summed E-state index contributed by atoms with van der Waals surface area (Å²) in [5.41, 5.74) is 2.65. The highest BCUT2D eigenvalue weighted by atomic mass is 35.5. The van der Waals surface area contributed by atoms with E-state index >= 15 is 0 Å². The Morgan fingerprint density at radius 1 is 1.12 bits per heavy atom. The topological polar surface area (TPSA) is 68.0 Å². The minimum absolute atomic E-state index is 0.0460. The maximum absolute atomic E-state index is 12.6. The Hall–Kier alpha value is -2.40. The van der Waals surface area contributed by atoms with Crippen molar-refractivity contribution in [2.45, 2.75) is 44.6 Å². The van der Waals surface area contributed by atoms with Gasteiger partial charge in [-0.3, -0.25) is 4.79 Å². The van der Waals surface area contributed by atoms with Crippen molar-refractivity contribution in [3.63, 3.8) is 0 Å². The number of nitrogens with zero attached hydrogens (tertiary/aromatic N) is 2. The van der Waals surface area contributed by atoms with E-state index in [0.29, 0.717) is 27.7 Å². The van der Waals surface area contributed by atoms with Gasteiger partial charge < -0.3 is 9.73 Å². The van der Waals surface area contributed by atoms with Crippen LogP contribution in [0.25, 0.3) is 22.6 Å². The first-order valence-electron chi connectivity index (χ1n) is 9.02. The summed E-state index contributed by atoms with van der Waals surface area (Å²) in [6.45, 7) is 0. The number of carbonyl (C=O) groups excluding carboxylic acids is 1. The summed E-state index contributed by atoms with van der Waals surface area (Å²) in [5, 5.41) is 3.55. The van der Waals surface area contributed by atoms with Gasteiger partial charge in [-0.2, -0.15) is 0 Å². The van der Waals surface area contributed by atoms with Crippen molar-refractivity contribution in [2.24, 2.45) is 0 Å². The number of amides is 1. The van der Waals surface area contributed by atoms with E-state index in [2.05, 4.69) is 15.3 Å². The lowest BCUT2D eigenvalue weighted by Crippen LogP contribution is -2.34. The summed E-state index contributed by atoms with van der Waals surface area (Å²) >= 11 is 5.93. The SMILES string of the molecule is O=C(NC1CCCCCC1)c1ccc2oc(-c3ccnc(Cl)c3)nc2c1. The average molecular weight is 370 g/mol. The molecule has 1 fully saturated rings. The molecule has 0 aliphatic heterocycles. The molecule has 0 atom stereocenters. The fourth-order valence-electron chi connectivity index (χ4n) is 3.42. The Balaban J connectivity index is 1.56. The third-order valence-corrected chi connectivity index (χ3v) is 5.02. The van der Waals surface area contributed by atoms with Crippen LogP contribution in [-0.2, 0) is 0 Å². The molecule has 4 rings (SSSR count). The first-order chi connectivity index (χ1) is 12.7. The van der Waals surface area contributed by atoms with Crippen LogP contribution in [0.3, 0.4) is 0 Å². The molecule has 1 N–H and O–H groups in total. The van der Waals surface area contributed by atoms with Gasteiger partial charge in [0.15, 0.2) is 5.58 Å². The van der Waals surface area contributed by atoms with E-state index in [1.165, 1.54) is 25.7 Å². The minimum Gasteiger partial charge on any atom is -0.436 e. The Kier molecular flexibility index (Phi) is 4.89. The Bertz CT molecular complexity index is 930. The lowest BCUT2D eigenvalue weighted by Gasteiger charge is -2.16. The molecule has 26 heavy (non-hydrogen) atoms. The molecule has 2 heterocycles. The summed E-state index contributed by atoms with van der Waals surface area (Å²) in [6.07, 6.45) is 8.63. The van der Waals surface area contributed by atoms with Crippen LogP contribution < -0.4 is 5.32 Å². The lowest BCUT2D eigenvalue weighted by molar-refractivity contribution is 0.0933. The molecule has 1 aliphatic rings. The van der Waals surface area contributed by atoms with Crippen LogP contribution in [0, 0.1) is 0 Å². The molecule has 2 aromatic heterocycles. The van der Waals surface area contributed by atoms with Crippen molar-refractivity contribution in [1.82, 2.24) is 15.3 Å². The molecule has 134 valence electrons. The van der Waals surface area contributed by atoms with Crippen LogP contribution in [0.5, 0.6) is 0 Å². The van der Waals surface area contributed by atoms with E-state index in [9.17, 15) is 4.79 Å². The molecule has 0 spiro atoms. The molecule has 1 aliphatic carbocycles. The third kappa shape index (κ3) is 3.73. The number of rotatable bonds is 3. The maximum Gasteiger partial charge on any atom is 0.251 e. The van der Waals surface area contributed by atoms with Crippen LogP contribution in [-0.4, -0.2) is 21.9 Å². The summed E-state index contributed by atoms with van der Waals surface area (Å²) in [6, 6.07) is 9.10. The number of carbonyl (C=O) groups is 1. The van der Waals surface area contributed by atoms with Crippen LogP contribution in [0.4, 0.5) is 0 Å². The lowest BCUT2D eigenvalue weighted by atomic mass is 10.1. The Morgan fingerprint density at radius 3 is 2.69 bits per heavy atom. The Morgan fingerprint density at radius 2 is 1.92 bits per heavy atom. The average Bonchev–Trinajstić information content (AvgIpc) is 2.91. The van der Waals surface area contributed by atoms with Crippen LogP contribution >= 0.6 is 11.6 Å². The molecular weight excluding hydrogens is 350 g/mol. The highest BCUT2D eigenvalue weighted by Gasteiger charge is 2.17. The normalized spacial score (nSPS) is 15.7. The van der Waals surface area contributed by atoms with Gasteiger partial charge in [0.25, 0.3) is 5.91 Å².